The summed E-state index contributed by atoms with van der Waals surface area (Å²) in [6.45, 7) is 12.0. The summed E-state index contributed by atoms with van der Waals surface area (Å²) in [6.07, 6.45) is 11.7. The molecule has 0 saturated heterocycles. The molecule has 8 atom stereocenters. The lowest BCUT2D eigenvalue weighted by atomic mass is 9.68. The van der Waals surface area contributed by atoms with Crippen LogP contribution in [0.25, 0.3) is 0 Å². The Labute approximate surface area is 623 Å². The quantitative estimate of drug-likeness (QED) is 0.0546. The lowest BCUT2D eigenvalue weighted by molar-refractivity contribution is 0.0458. The number of ether oxygens (including phenoxy) is 6. The van der Waals surface area contributed by atoms with E-state index in [1.54, 1.807) is 64.9 Å². The van der Waals surface area contributed by atoms with Crippen molar-refractivity contribution in [1.29, 1.82) is 0 Å². The van der Waals surface area contributed by atoms with Crippen molar-refractivity contribution in [3.05, 3.63) is 250 Å². The standard InChI is InChI=1S/2C42H47ClN2O6S/c2*1-4-40(46)37-18-11-32(37)26-44-27-42(21-5-6-31-22-33(43)12-19-38(31)42)28-51-41-20-17-36(23-39(41)44)52(47,48)45(24-29-7-13-34(49-2)14-8-29)25-30-9-15-35(50-3)16-10-30/h2*4,7-10,12-17,19-20,22-23,32,37,40,46H,1,5-6,11,18,21,24-28H2,2-3H3/t32-,37+,40+,42-;32-,37+,40-,42-/m00/s1. The van der Waals surface area contributed by atoms with Crippen LogP contribution in [0.1, 0.15) is 95.9 Å². The highest BCUT2D eigenvalue weighted by atomic mass is 35.5. The van der Waals surface area contributed by atoms with E-state index in [1.807, 2.05) is 121 Å². The number of aryl methyl sites for hydroxylation is 2. The Morgan fingerprint density at radius 2 is 0.827 bits per heavy atom. The zero-order chi connectivity index (χ0) is 72.9. The Bertz CT molecular complexity index is 4200. The Hall–Kier alpha value is -8.04. The van der Waals surface area contributed by atoms with Gasteiger partial charge in [-0.25, -0.2) is 16.8 Å². The lowest BCUT2D eigenvalue weighted by Crippen LogP contribution is -2.49. The first-order valence-electron chi connectivity index (χ1n) is 36.0. The van der Waals surface area contributed by atoms with E-state index in [2.05, 4.69) is 47.2 Å². The summed E-state index contributed by atoms with van der Waals surface area (Å²) in [5, 5.41) is 23.0. The second kappa shape index (κ2) is 32.0. The highest BCUT2D eigenvalue weighted by Crippen LogP contribution is 2.50. The number of methoxy groups -OCH3 is 4. The van der Waals surface area contributed by atoms with Crippen LogP contribution in [0.3, 0.4) is 0 Å². The molecule has 2 saturated carbocycles. The van der Waals surface area contributed by atoms with Gasteiger partial charge in [0.1, 0.15) is 34.5 Å². The van der Waals surface area contributed by atoms with Crippen LogP contribution in [0, 0.1) is 23.7 Å². The minimum Gasteiger partial charge on any atom is -0.497 e. The van der Waals surface area contributed by atoms with Crippen LogP contribution in [-0.2, 0) is 69.9 Å². The summed E-state index contributed by atoms with van der Waals surface area (Å²) >= 11 is 12.9. The van der Waals surface area contributed by atoms with Gasteiger partial charge in [-0.3, -0.25) is 0 Å². The first-order valence-corrected chi connectivity index (χ1v) is 39.6. The van der Waals surface area contributed by atoms with Crippen molar-refractivity contribution in [2.75, 3.05) is 77.6 Å². The van der Waals surface area contributed by atoms with Crippen molar-refractivity contribution in [1.82, 2.24) is 8.61 Å². The van der Waals surface area contributed by atoms with Gasteiger partial charge in [0, 0.05) is 73.2 Å². The monoisotopic (exact) mass is 1480 g/mol. The molecule has 20 heteroatoms. The Kier molecular flexibility index (Phi) is 22.8. The van der Waals surface area contributed by atoms with Crippen LogP contribution in [0.15, 0.2) is 205 Å². The third-order valence-corrected chi connectivity index (χ3v) is 26.6. The molecule has 104 heavy (non-hydrogen) atoms. The Morgan fingerprint density at radius 1 is 0.490 bits per heavy atom. The predicted molar refractivity (Wildman–Crippen MR) is 410 cm³/mol. The molecule has 2 fully saturated rings. The van der Waals surface area contributed by atoms with Gasteiger partial charge in [0.25, 0.3) is 0 Å². The predicted octanol–water partition coefficient (Wildman–Crippen LogP) is 15.6. The molecule has 14 rings (SSSR count). The van der Waals surface area contributed by atoms with E-state index < -0.39 is 32.3 Å². The minimum absolute atomic E-state index is 0.106. The molecular formula is C84H94Cl2N4O12S2. The van der Waals surface area contributed by atoms with Gasteiger partial charge in [-0.15, -0.1) is 13.2 Å². The van der Waals surface area contributed by atoms with Crippen LogP contribution in [-0.4, -0.2) is 116 Å². The average Bonchev–Trinajstić information content (AvgIpc) is 1.57. The second-order valence-corrected chi connectivity index (χ2v) is 33.6. The number of nitrogens with zero attached hydrogens (tertiary/aromatic N) is 4. The molecule has 6 aliphatic rings. The smallest absolute Gasteiger partial charge is 0.243 e. The summed E-state index contributed by atoms with van der Waals surface area (Å²) in [4.78, 5) is 5.05. The molecule has 16 nitrogen and oxygen atoms in total. The molecule has 2 N–H and O–H groups in total. The zero-order valence-corrected chi connectivity index (χ0v) is 62.8. The average molecular weight is 1490 g/mol. The van der Waals surface area contributed by atoms with Crippen LogP contribution >= 0.6 is 23.2 Å². The summed E-state index contributed by atoms with van der Waals surface area (Å²) in [7, 11) is -1.59. The van der Waals surface area contributed by atoms with E-state index >= 15 is 0 Å². The van der Waals surface area contributed by atoms with E-state index in [-0.39, 0.29) is 70.5 Å². The van der Waals surface area contributed by atoms with Gasteiger partial charge in [0.05, 0.1) is 75.0 Å². The molecule has 8 aromatic rings. The van der Waals surface area contributed by atoms with E-state index in [1.165, 1.54) is 30.9 Å². The normalized spacial score (nSPS) is 21.7. The number of fused-ring (bicyclic) bond motifs is 6. The van der Waals surface area contributed by atoms with Gasteiger partial charge in [0.2, 0.25) is 20.0 Å². The van der Waals surface area contributed by atoms with Crippen molar-refractivity contribution < 1.29 is 55.5 Å². The summed E-state index contributed by atoms with van der Waals surface area (Å²) in [6, 6.07) is 52.8. The van der Waals surface area contributed by atoms with Gasteiger partial charge in [-0.05, 0) is 242 Å². The molecule has 0 bridgehead atoms. The van der Waals surface area contributed by atoms with Crippen molar-refractivity contribution in [2.24, 2.45) is 23.7 Å². The molecule has 0 aromatic heterocycles. The Morgan fingerprint density at radius 3 is 1.12 bits per heavy atom. The number of benzene rings is 8. The van der Waals surface area contributed by atoms with Crippen LogP contribution < -0.4 is 38.2 Å². The largest absolute Gasteiger partial charge is 0.497 e. The van der Waals surface area contributed by atoms with Gasteiger partial charge in [0.15, 0.2) is 0 Å². The van der Waals surface area contributed by atoms with Gasteiger partial charge in [-0.1, -0.05) is 96.0 Å². The third kappa shape index (κ3) is 15.9. The fourth-order valence-corrected chi connectivity index (χ4v) is 19.7. The number of anilines is 2. The SMILES string of the molecule is C=C[C@@H](O)[C@@H]1CC[C@H]1CN1C[C@@]2(CCCc3cc(Cl)ccc32)COc2ccc(S(=O)(=O)N(Cc3ccc(OC)cc3)Cc3ccc(OC)cc3)cc21.C=C[C@H](O)[C@@H]1CC[C@H]1CN1C[C@@]2(CCCc3cc(Cl)ccc32)COc2ccc(S(=O)(=O)N(Cc3ccc(OC)cc3)Cc3ccc(OC)cc3)cc21. The van der Waals surface area contributed by atoms with Crippen molar-refractivity contribution in [3.63, 3.8) is 0 Å². The number of aliphatic hydroxyl groups excluding tert-OH is 2. The molecule has 0 unspecified atom stereocenters. The third-order valence-electron chi connectivity index (χ3n) is 22.6. The molecule has 4 aliphatic carbocycles. The molecule has 8 aromatic carbocycles. The summed E-state index contributed by atoms with van der Waals surface area (Å²) in [5.41, 5.74) is 9.24. The maximum Gasteiger partial charge on any atom is 0.243 e. The second-order valence-electron chi connectivity index (χ2n) is 28.9. The van der Waals surface area contributed by atoms with Crippen LogP contribution in [0.5, 0.6) is 34.5 Å². The van der Waals surface area contributed by atoms with Crippen molar-refractivity contribution in [2.45, 2.75) is 123 Å². The fourth-order valence-electron chi connectivity index (χ4n) is 16.5. The number of hydrogen-bond donors (Lipinski definition) is 2. The lowest BCUT2D eigenvalue weighted by Gasteiger charge is -2.45. The number of hydrogen-bond acceptors (Lipinski definition) is 14. The van der Waals surface area contributed by atoms with Crippen molar-refractivity contribution >= 4 is 54.6 Å². The molecular weight excluding hydrogens is 1390 g/mol. The zero-order valence-electron chi connectivity index (χ0n) is 59.7. The topological polar surface area (TPSA) is 177 Å². The number of halogens is 2. The van der Waals surface area contributed by atoms with Gasteiger partial charge in [-0.2, -0.15) is 8.61 Å². The molecule has 2 spiro atoms. The van der Waals surface area contributed by atoms with Crippen LogP contribution in [0.2, 0.25) is 10.0 Å². The van der Waals surface area contributed by atoms with Crippen molar-refractivity contribution in [3.8, 4) is 34.5 Å². The summed E-state index contributed by atoms with van der Waals surface area (Å²) < 4.78 is 96.9. The van der Waals surface area contributed by atoms with E-state index in [0.717, 1.165) is 108 Å². The minimum atomic E-state index is -4.01. The first-order chi connectivity index (χ1) is 50.2. The molecule has 2 heterocycles. The van der Waals surface area contributed by atoms with E-state index in [9.17, 15) is 27.0 Å². The van der Waals surface area contributed by atoms with E-state index in [0.29, 0.717) is 73.9 Å². The maximum absolute atomic E-state index is 14.8. The first kappa shape index (κ1) is 74.2. The molecule has 0 amide bonds. The number of sulfonamides is 2. The van der Waals surface area contributed by atoms with E-state index in [4.69, 9.17) is 51.6 Å². The number of rotatable bonds is 24. The number of aliphatic hydroxyl groups is 2. The van der Waals surface area contributed by atoms with Gasteiger partial charge >= 0.3 is 0 Å². The highest BCUT2D eigenvalue weighted by molar-refractivity contribution is 7.89. The fraction of sp³-hybridized carbons (Fsp3) is 0.381. The molecule has 0 radical (unpaired) electrons. The summed E-state index contributed by atoms with van der Waals surface area (Å²) in [5.74, 6) is 4.81. The molecule has 548 valence electrons. The van der Waals surface area contributed by atoms with Crippen LogP contribution in [0.4, 0.5) is 11.4 Å². The van der Waals surface area contributed by atoms with Gasteiger partial charge < -0.3 is 48.4 Å². The Balaban J connectivity index is 0.000000185. The molecule has 2 aliphatic heterocycles. The highest BCUT2D eigenvalue weighted by Gasteiger charge is 2.47. The maximum atomic E-state index is 14.8.